The summed E-state index contributed by atoms with van der Waals surface area (Å²) < 4.78 is 36.9. The normalized spacial score (nSPS) is 11.9. The van der Waals surface area contributed by atoms with E-state index in [1.54, 1.807) is 0 Å². The maximum absolute atomic E-state index is 12.3. The molecule has 0 saturated carbocycles. The molecule has 5 nitrogen and oxygen atoms in total. The minimum absolute atomic E-state index is 0.144. The van der Waals surface area contributed by atoms with Crippen molar-refractivity contribution in [1.29, 1.82) is 0 Å². The number of nitrogens with zero attached hydrogens (tertiary/aromatic N) is 2. The van der Waals surface area contributed by atoms with Crippen LogP contribution in [0, 0.1) is 0 Å². The fourth-order valence-corrected chi connectivity index (χ4v) is 1.21. The molecule has 2 aromatic rings. The summed E-state index contributed by atoms with van der Waals surface area (Å²) in [5, 5.41) is 14.3. The third-order valence-corrected chi connectivity index (χ3v) is 1.90. The number of carbonyl (C=O) groups is 1. The van der Waals surface area contributed by atoms with Crippen molar-refractivity contribution in [2.75, 3.05) is 0 Å². The van der Waals surface area contributed by atoms with E-state index in [0.717, 1.165) is 12.1 Å². The highest BCUT2D eigenvalue weighted by molar-refractivity contribution is 5.98. The zero-order valence-corrected chi connectivity index (χ0v) is 7.54. The van der Waals surface area contributed by atoms with E-state index in [2.05, 4.69) is 15.2 Å². The van der Waals surface area contributed by atoms with Crippen LogP contribution < -0.4 is 0 Å². The number of halogens is 3. The van der Waals surface area contributed by atoms with Crippen LogP contribution >= 0.6 is 0 Å². The third kappa shape index (κ3) is 1.58. The summed E-state index contributed by atoms with van der Waals surface area (Å²) in [5.41, 5.74) is -1.84. The van der Waals surface area contributed by atoms with Crippen molar-refractivity contribution in [1.82, 2.24) is 15.2 Å². The van der Waals surface area contributed by atoms with Crippen molar-refractivity contribution >= 4 is 17.0 Å². The van der Waals surface area contributed by atoms with Gasteiger partial charge in [0.25, 0.3) is 0 Å². The second kappa shape index (κ2) is 3.19. The quantitative estimate of drug-likeness (QED) is 0.782. The maximum atomic E-state index is 12.3. The molecule has 0 aliphatic carbocycles. The van der Waals surface area contributed by atoms with Crippen LogP contribution in [0.2, 0.25) is 0 Å². The molecule has 2 rings (SSSR count). The number of alkyl halides is 3. The Morgan fingerprint density at radius 1 is 1.38 bits per heavy atom. The lowest BCUT2D eigenvalue weighted by atomic mass is 10.2. The summed E-state index contributed by atoms with van der Waals surface area (Å²) >= 11 is 0. The molecule has 0 aliphatic heterocycles. The molecule has 0 fully saturated rings. The van der Waals surface area contributed by atoms with Crippen molar-refractivity contribution in [2.45, 2.75) is 6.18 Å². The van der Waals surface area contributed by atoms with E-state index in [1.165, 1.54) is 0 Å². The Morgan fingerprint density at radius 3 is 2.62 bits per heavy atom. The summed E-state index contributed by atoms with van der Waals surface area (Å²) in [6, 6.07) is 1.84. The largest absolute Gasteiger partial charge is 0.476 e. The van der Waals surface area contributed by atoms with E-state index in [0.29, 0.717) is 0 Å². The van der Waals surface area contributed by atoms with Gasteiger partial charge in [0.2, 0.25) is 0 Å². The summed E-state index contributed by atoms with van der Waals surface area (Å²) in [4.78, 5) is 13.9. The minimum Gasteiger partial charge on any atom is -0.476 e. The first-order valence-corrected chi connectivity index (χ1v) is 4.05. The average Bonchev–Trinajstić information content (AvgIpc) is 2.58. The van der Waals surface area contributed by atoms with Crippen LogP contribution in [0.1, 0.15) is 16.2 Å². The SMILES string of the molecule is O=C(O)c1n[nH]c2ccc(C(F)(F)F)nc12. The Balaban J connectivity index is 2.68. The first-order valence-electron chi connectivity index (χ1n) is 4.05. The summed E-state index contributed by atoms with van der Waals surface area (Å²) in [7, 11) is 0. The number of fused-ring (bicyclic) bond motifs is 1. The molecule has 0 aliphatic rings. The fraction of sp³-hybridized carbons (Fsp3) is 0.125. The van der Waals surface area contributed by atoms with Gasteiger partial charge in [-0.15, -0.1) is 0 Å². The van der Waals surface area contributed by atoms with Crippen LogP contribution in [0.4, 0.5) is 13.2 Å². The Hall–Kier alpha value is -2.12. The van der Waals surface area contributed by atoms with Crippen molar-refractivity contribution < 1.29 is 23.1 Å². The number of carboxylic acid groups (broad SMARTS) is 1. The fourth-order valence-electron chi connectivity index (χ4n) is 1.21. The number of aromatic amines is 1. The average molecular weight is 231 g/mol. The number of H-pyrrole nitrogens is 1. The smallest absolute Gasteiger partial charge is 0.433 e. The molecular formula is C8H4F3N3O2. The van der Waals surface area contributed by atoms with Gasteiger partial charge in [-0.2, -0.15) is 18.3 Å². The van der Waals surface area contributed by atoms with Crippen LogP contribution in [0.15, 0.2) is 12.1 Å². The summed E-state index contributed by atoms with van der Waals surface area (Å²) in [6.07, 6.45) is -4.61. The van der Waals surface area contributed by atoms with E-state index in [4.69, 9.17) is 5.11 Å². The first-order chi connectivity index (χ1) is 7.39. The van der Waals surface area contributed by atoms with E-state index in [-0.39, 0.29) is 11.0 Å². The Kier molecular flexibility index (Phi) is 2.07. The molecule has 2 aromatic heterocycles. The van der Waals surface area contributed by atoms with Gasteiger partial charge in [0.1, 0.15) is 11.2 Å². The Morgan fingerprint density at radius 2 is 2.06 bits per heavy atom. The maximum Gasteiger partial charge on any atom is 0.433 e. The second-order valence-corrected chi connectivity index (χ2v) is 2.97. The van der Waals surface area contributed by atoms with Crippen molar-refractivity contribution in [2.24, 2.45) is 0 Å². The van der Waals surface area contributed by atoms with Gasteiger partial charge in [-0.1, -0.05) is 0 Å². The van der Waals surface area contributed by atoms with Gasteiger partial charge < -0.3 is 5.11 Å². The van der Waals surface area contributed by atoms with Crippen LogP contribution in [0.3, 0.4) is 0 Å². The van der Waals surface area contributed by atoms with Gasteiger partial charge in [-0.25, -0.2) is 9.78 Å². The van der Waals surface area contributed by atoms with Gasteiger partial charge in [-0.05, 0) is 12.1 Å². The zero-order chi connectivity index (χ0) is 11.9. The van der Waals surface area contributed by atoms with Gasteiger partial charge in [0.05, 0.1) is 5.52 Å². The van der Waals surface area contributed by atoms with Crippen LogP contribution in [-0.4, -0.2) is 26.3 Å². The number of hydrogen-bond acceptors (Lipinski definition) is 3. The highest BCUT2D eigenvalue weighted by atomic mass is 19.4. The van der Waals surface area contributed by atoms with Crippen LogP contribution in [0.5, 0.6) is 0 Å². The molecule has 2 heterocycles. The van der Waals surface area contributed by atoms with Gasteiger partial charge in [0, 0.05) is 0 Å². The van der Waals surface area contributed by atoms with E-state index < -0.39 is 23.5 Å². The number of nitrogens with one attached hydrogen (secondary N) is 1. The number of hydrogen-bond donors (Lipinski definition) is 2. The number of pyridine rings is 1. The molecule has 0 aromatic carbocycles. The van der Waals surface area contributed by atoms with Gasteiger partial charge in [0.15, 0.2) is 5.69 Å². The topological polar surface area (TPSA) is 78.9 Å². The number of rotatable bonds is 1. The zero-order valence-electron chi connectivity index (χ0n) is 7.54. The molecule has 2 N–H and O–H groups in total. The molecule has 0 bridgehead atoms. The molecule has 0 amide bonds. The molecule has 0 saturated heterocycles. The molecule has 8 heteroatoms. The van der Waals surface area contributed by atoms with E-state index in [9.17, 15) is 18.0 Å². The highest BCUT2D eigenvalue weighted by Crippen LogP contribution is 2.29. The number of aromatic carboxylic acids is 1. The number of carboxylic acids is 1. The van der Waals surface area contributed by atoms with Crippen molar-refractivity contribution in [3.8, 4) is 0 Å². The van der Waals surface area contributed by atoms with E-state index >= 15 is 0 Å². The number of aromatic nitrogens is 3. The Labute approximate surface area is 85.9 Å². The van der Waals surface area contributed by atoms with Gasteiger partial charge >= 0.3 is 12.1 Å². The Bertz CT molecular complexity index is 561. The van der Waals surface area contributed by atoms with Crippen molar-refractivity contribution in [3.05, 3.63) is 23.5 Å². The van der Waals surface area contributed by atoms with Crippen LogP contribution in [-0.2, 0) is 6.18 Å². The predicted octanol–water partition coefficient (Wildman–Crippen LogP) is 1.67. The molecule has 0 radical (unpaired) electrons. The summed E-state index contributed by atoms with van der Waals surface area (Å²) in [6.45, 7) is 0. The molecule has 0 unspecified atom stereocenters. The lowest BCUT2D eigenvalue weighted by molar-refractivity contribution is -0.140. The summed E-state index contributed by atoms with van der Waals surface area (Å²) in [5.74, 6) is -1.43. The monoisotopic (exact) mass is 231 g/mol. The molecular weight excluding hydrogens is 227 g/mol. The van der Waals surface area contributed by atoms with Crippen LogP contribution in [0.25, 0.3) is 11.0 Å². The van der Waals surface area contributed by atoms with Gasteiger partial charge in [-0.3, -0.25) is 5.10 Å². The molecule has 0 atom stereocenters. The van der Waals surface area contributed by atoms with Crippen molar-refractivity contribution in [3.63, 3.8) is 0 Å². The second-order valence-electron chi connectivity index (χ2n) is 2.97. The third-order valence-electron chi connectivity index (χ3n) is 1.90. The molecule has 84 valence electrons. The van der Waals surface area contributed by atoms with E-state index in [1.807, 2.05) is 0 Å². The lowest BCUT2D eigenvalue weighted by Gasteiger charge is -2.04. The first kappa shape index (κ1) is 10.4. The minimum atomic E-state index is -4.61. The predicted molar refractivity (Wildman–Crippen MR) is 45.9 cm³/mol. The molecule has 16 heavy (non-hydrogen) atoms. The standard InChI is InChI=1S/C8H4F3N3O2/c9-8(10,11)4-2-1-3-5(12-4)6(7(15)16)14-13-3/h1-2H,(H,13,14)(H,15,16). The molecule has 0 spiro atoms. The highest BCUT2D eigenvalue weighted by Gasteiger charge is 2.33. The lowest BCUT2D eigenvalue weighted by Crippen LogP contribution is -2.08.